The minimum absolute atomic E-state index is 0.0494. The Morgan fingerprint density at radius 1 is 1.07 bits per heavy atom. The number of carbonyl (C=O) groups excluding carboxylic acids is 1. The van der Waals surface area contributed by atoms with Gasteiger partial charge in [-0.05, 0) is 19.9 Å². The third-order valence-electron chi connectivity index (χ3n) is 5.59. The van der Waals surface area contributed by atoms with Gasteiger partial charge in [0.05, 0.1) is 37.8 Å². The van der Waals surface area contributed by atoms with Gasteiger partial charge < -0.3 is 18.9 Å². The lowest BCUT2D eigenvalue weighted by Crippen LogP contribution is -2.40. The smallest absolute Gasteiger partial charge is 0.266 e. The van der Waals surface area contributed by atoms with Crippen LogP contribution in [0.3, 0.4) is 0 Å². The van der Waals surface area contributed by atoms with Crippen LogP contribution in [-0.4, -0.2) is 85.7 Å². The highest BCUT2D eigenvalue weighted by molar-refractivity contribution is 7.89. The summed E-state index contributed by atoms with van der Waals surface area (Å²) in [6.07, 6.45) is 0. The molecule has 2 aromatic heterocycles. The highest BCUT2D eigenvalue weighted by Gasteiger charge is 2.31. The number of ether oxygens (including phenoxy) is 2. The number of hydrogen-bond donors (Lipinski definition) is 0. The van der Waals surface area contributed by atoms with E-state index < -0.39 is 10.0 Å². The molecule has 11 heteroatoms. The summed E-state index contributed by atoms with van der Waals surface area (Å²) in [6, 6.07) is 1.67. The number of aromatic nitrogens is 2. The van der Waals surface area contributed by atoms with Gasteiger partial charge in [-0.2, -0.15) is 4.31 Å². The minimum Gasteiger partial charge on any atom is -0.379 e. The predicted molar refractivity (Wildman–Crippen MR) is 112 cm³/mol. The summed E-state index contributed by atoms with van der Waals surface area (Å²) >= 11 is 1.30. The van der Waals surface area contributed by atoms with Gasteiger partial charge in [0.1, 0.15) is 14.8 Å². The van der Waals surface area contributed by atoms with E-state index >= 15 is 0 Å². The first-order valence-electron chi connectivity index (χ1n) is 9.89. The van der Waals surface area contributed by atoms with Crippen LogP contribution in [0.15, 0.2) is 11.0 Å². The molecule has 0 atom stereocenters. The zero-order valence-electron chi connectivity index (χ0n) is 17.4. The Morgan fingerprint density at radius 3 is 2.30 bits per heavy atom. The Kier molecular flexibility index (Phi) is 5.99. The molecule has 0 bridgehead atoms. The van der Waals surface area contributed by atoms with Gasteiger partial charge in [-0.25, -0.2) is 13.4 Å². The molecule has 0 aromatic carbocycles. The van der Waals surface area contributed by atoms with Crippen molar-refractivity contribution in [3.63, 3.8) is 0 Å². The average Bonchev–Trinajstić information content (AvgIpc) is 3.29. The second-order valence-corrected chi connectivity index (χ2v) is 10.3. The highest BCUT2D eigenvalue weighted by Crippen LogP contribution is 2.34. The maximum Gasteiger partial charge on any atom is 0.266 e. The van der Waals surface area contributed by atoms with E-state index in [0.717, 1.165) is 0 Å². The van der Waals surface area contributed by atoms with E-state index in [-0.39, 0.29) is 10.8 Å². The number of carbonyl (C=O) groups is 1. The number of hydrogen-bond acceptors (Lipinski definition) is 7. The van der Waals surface area contributed by atoms with E-state index in [1.807, 2.05) is 18.5 Å². The fourth-order valence-corrected chi connectivity index (χ4v) is 6.44. The molecule has 0 spiro atoms. The summed E-state index contributed by atoms with van der Waals surface area (Å²) < 4.78 is 40.2. The summed E-state index contributed by atoms with van der Waals surface area (Å²) in [4.78, 5) is 20.1. The van der Waals surface area contributed by atoms with Crippen LogP contribution in [-0.2, 0) is 26.5 Å². The largest absolute Gasteiger partial charge is 0.379 e. The Bertz CT molecular complexity index is 1050. The van der Waals surface area contributed by atoms with Crippen molar-refractivity contribution >= 4 is 27.3 Å². The quantitative estimate of drug-likeness (QED) is 0.690. The number of rotatable bonds is 4. The van der Waals surface area contributed by atoms with Crippen LogP contribution in [0.2, 0.25) is 0 Å². The standard InChI is InChI=1S/C19H26N4O5S2/c1-13-17(19(24)22-4-8-27-9-5-22)29-18(20-13)15-12-16(14(2)21(15)3)30(25,26)23-6-10-28-11-7-23/h12H,4-11H2,1-3H3. The van der Waals surface area contributed by atoms with E-state index in [4.69, 9.17) is 9.47 Å². The first-order chi connectivity index (χ1) is 14.3. The zero-order valence-corrected chi connectivity index (χ0v) is 19.0. The Balaban J connectivity index is 1.67. The van der Waals surface area contributed by atoms with Gasteiger partial charge in [-0.3, -0.25) is 4.79 Å². The van der Waals surface area contributed by atoms with Gasteiger partial charge in [0.25, 0.3) is 5.91 Å². The molecule has 2 saturated heterocycles. The molecule has 0 aliphatic carbocycles. The molecule has 0 N–H and O–H groups in total. The first kappa shape index (κ1) is 21.4. The Morgan fingerprint density at radius 2 is 1.67 bits per heavy atom. The van der Waals surface area contributed by atoms with E-state index in [1.165, 1.54) is 15.6 Å². The van der Waals surface area contributed by atoms with Gasteiger partial charge in [-0.1, -0.05) is 0 Å². The normalized spacial score (nSPS) is 18.7. The second-order valence-electron chi connectivity index (χ2n) is 7.39. The monoisotopic (exact) mass is 454 g/mol. The van der Waals surface area contributed by atoms with Crippen molar-refractivity contribution in [2.24, 2.45) is 7.05 Å². The molecular weight excluding hydrogens is 428 g/mol. The fraction of sp³-hybridized carbons (Fsp3) is 0.579. The molecule has 0 saturated carbocycles. The summed E-state index contributed by atoms with van der Waals surface area (Å²) in [6.45, 7) is 7.31. The van der Waals surface area contributed by atoms with Crippen molar-refractivity contribution in [3.05, 3.63) is 22.3 Å². The molecule has 164 valence electrons. The average molecular weight is 455 g/mol. The molecule has 2 aliphatic heterocycles. The predicted octanol–water partition coefficient (Wildman–Crippen LogP) is 1.26. The third kappa shape index (κ3) is 3.80. The number of morpholine rings is 2. The lowest BCUT2D eigenvalue weighted by atomic mass is 10.3. The maximum absolute atomic E-state index is 13.2. The number of thiazole rings is 1. The van der Waals surface area contributed by atoms with Crippen molar-refractivity contribution in [2.75, 3.05) is 52.6 Å². The zero-order chi connectivity index (χ0) is 21.5. The van der Waals surface area contributed by atoms with Gasteiger partial charge in [0.2, 0.25) is 10.0 Å². The number of nitrogens with zero attached hydrogens (tertiary/aromatic N) is 4. The van der Waals surface area contributed by atoms with Crippen LogP contribution in [0.5, 0.6) is 0 Å². The van der Waals surface area contributed by atoms with Crippen LogP contribution < -0.4 is 0 Å². The fourth-order valence-electron chi connectivity index (χ4n) is 3.68. The third-order valence-corrected chi connectivity index (χ3v) is 8.77. The van der Waals surface area contributed by atoms with Crippen LogP contribution in [0.4, 0.5) is 0 Å². The van der Waals surface area contributed by atoms with Crippen molar-refractivity contribution in [1.29, 1.82) is 0 Å². The summed E-state index contributed by atoms with van der Waals surface area (Å²) in [5.41, 5.74) is 1.99. The van der Waals surface area contributed by atoms with E-state index in [9.17, 15) is 13.2 Å². The van der Waals surface area contributed by atoms with Crippen LogP contribution in [0, 0.1) is 13.8 Å². The van der Waals surface area contributed by atoms with Crippen LogP contribution >= 0.6 is 11.3 Å². The summed E-state index contributed by atoms with van der Waals surface area (Å²) in [5.74, 6) is -0.0494. The van der Waals surface area contributed by atoms with Crippen molar-refractivity contribution in [2.45, 2.75) is 18.7 Å². The SMILES string of the molecule is Cc1nc(-c2cc(S(=O)(=O)N3CCOCC3)c(C)n2C)sc1C(=O)N1CCOCC1. The van der Waals surface area contributed by atoms with Gasteiger partial charge in [-0.15, -0.1) is 11.3 Å². The van der Waals surface area contributed by atoms with Crippen molar-refractivity contribution in [1.82, 2.24) is 18.8 Å². The number of aryl methyl sites for hydroxylation is 1. The summed E-state index contributed by atoms with van der Waals surface area (Å²) in [5, 5.41) is 0.637. The molecule has 2 aromatic rings. The molecule has 9 nitrogen and oxygen atoms in total. The summed E-state index contributed by atoms with van der Waals surface area (Å²) in [7, 11) is -1.80. The molecular formula is C19H26N4O5S2. The van der Waals surface area contributed by atoms with E-state index in [2.05, 4.69) is 4.98 Å². The highest BCUT2D eigenvalue weighted by atomic mass is 32.2. The molecule has 0 unspecified atom stereocenters. The number of amides is 1. The van der Waals surface area contributed by atoms with Gasteiger partial charge in [0.15, 0.2) is 0 Å². The lowest BCUT2D eigenvalue weighted by molar-refractivity contribution is 0.0305. The second kappa shape index (κ2) is 8.39. The lowest BCUT2D eigenvalue weighted by Gasteiger charge is -2.26. The molecule has 4 rings (SSSR count). The Labute approximate surface area is 180 Å². The van der Waals surface area contributed by atoms with Crippen LogP contribution in [0.25, 0.3) is 10.7 Å². The molecule has 1 amide bonds. The van der Waals surface area contributed by atoms with Gasteiger partial charge in [0, 0.05) is 38.9 Å². The number of sulfonamides is 1. The topological polar surface area (TPSA) is 94.0 Å². The molecule has 4 heterocycles. The Hall–Kier alpha value is -1.79. The van der Waals surface area contributed by atoms with E-state index in [1.54, 1.807) is 17.9 Å². The van der Waals surface area contributed by atoms with Crippen molar-refractivity contribution in [3.8, 4) is 10.7 Å². The van der Waals surface area contributed by atoms with E-state index in [0.29, 0.717) is 79.6 Å². The first-order valence-corrected chi connectivity index (χ1v) is 12.2. The van der Waals surface area contributed by atoms with Crippen LogP contribution in [0.1, 0.15) is 21.1 Å². The molecule has 30 heavy (non-hydrogen) atoms. The minimum atomic E-state index is -3.62. The van der Waals surface area contributed by atoms with Gasteiger partial charge >= 0.3 is 0 Å². The molecule has 2 fully saturated rings. The maximum atomic E-state index is 13.2. The van der Waals surface area contributed by atoms with Crippen molar-refractivity contribution < 1.29 is 22.7 Å². The molecule has 0 radical (unpaired) electrons. The molecule has 2 aliphatic rings.